The third kappa shape index (κ3) is 2.09. The Kier molecular flexibility index (Phi) is 3.10. The molecule has 1 atom stereocenters. The van der Waals surface area contributed by atoms with Gasteiger partial charge in [-0.2, -0.15) is 0 Å². The van der Waals surface area contributed by atoms with Crippen molar-refractivity contribution < 1.29 is 0 Å². The summed E-state index contributed by atoms with van der Waals surface area (Å²) in [4.78, 5) is 4.15. The number of hydrogen-bond donors (Lipinski definition) is 1. The van der Waals surface area contributed by atoms with Gasteiger partial charge in [0.25, 0.3) is 0 Å². The molecule has 4 bridgehead atoms. The Bertz CT molecular complexity index is 432. The summed E-state index contributed by atoms with van der Waals surface area (Å²) in [5.74, 6) is 3.11. The van der Waals surface area contributed by atoms with Gasteiger partial charge in [0, 0.05) is 18.4 Å². The number of pyridine rings is 1. The minimum Gasteiger partial charge on any atom is -0.316 e. The molecule has 1 unspecified atom stereocenters. The second-order valence-electron chi connectivity index (χ2n) is 7.68. The highest BCUT2D eigenvalue weighted by atomic mass is 14.9. The van der Waals surface area contributed by atoms with Crippen LogP contribution in [-0.2, 0) is 6.42 Å². The lowest BCUT2D eigenvalue weighted by atomic mass is 9.47. The molecule has 1 aromatic rings. The molecule has 108 valence electrons. The van der Waals surface area contributed by atoms with Crippen LogP contribution in [-0.4, -0.2) is 18.1 Å². The van der Waals surface area contributed by atoms with Crippen LogP contribution >= 0.6 is 0 Å². The summed E-state index contributed by atoms with van der Waals surface area (Å²) >= 11 is 0. The van der Waals surface area contributed by atoms with Crippen molar-refractivity contribution in [3.05, 3.63) is 30.1 Å². The summed E-state index contributed by atoms with van der Waals surface area (Å²) in [6.45, 7) is 0. The number of aromatic nitrogens is 1. The van der Waals surface area contributed by atoms with Crippen LogP contribution in [0, 0.1) is 23.2 Å². The normalized spacial score (nSPS) is 40.0. The first-order valence-corrected chi connectivity index (χ1v) is 8.33. The Morgan fingerprint density at radius 3 is 2.15 bits per heavy atom. The fourth-order valence-corrected chi connectivity index (χ4v) is 5.98. The molecule has 2 nitrogen and oxygen atoms in total. The summed E-state index contributed by atoms with van der Waals surface area (Å²) in [7, 11) is 2.17. The largest absolute Gasteiger partial charge is 0.316 e. The summed E-state index contributed by atoms with van der Waals surface area (Å²) in [6, 6.07) is 5.02. The Morgan fingerprint density at radius 1 is 1.10 bits per heavy atom. The maximum absolute atomic E-state index is 4.15. The van der Waals surface area contributed by atoms with Crippen molar-refractivity contribution in [2.24, 2.45) is 23.2 Å². The van der Waals surface area contributed by atoms with Gasteiger partial charge < -0.3 is 5.32 Å². The Hall–Kier alpha value is -0.890. The van der Waals surface area contributed by atoms with E-state index in [1.165, 1.54) is 50.5 Å². The van der Waals surface area contributed by atoms with E-state index in [0.717, 1.165) is 17.8 Å². The van der Waals surface area contributed by atoms with Crippen LogP contribution in [0.4, 0.5) is 0 Å². The van der Waals surface area contributed by atoms with E-state index >= 15 is 0 Å². The molecule has 4 aliphatic rings. The Morgan fingerprint density at radius 2 is 1.65 bits per heavy atom. The van der Waals surface area contributed by atoms with E-state index in [2.05, 4.69) is 29.5 Å². The summed E-state index contributed by atoms with van der Waals surface area (Å²) in [5.41, 5.74) is 2.03. The first-order chi connectivity index (χ1) is 9.77. The third-order valence-electron chi connectivity index (χ3n) is 6.36. The lowest BCUT2D eigenvalue weighted by molar-refractivity contribution is -0.0724. The summed E-state index contributed by atoms with van der Waals surface area (Å²) < 4.78 is 0. The zero-order chi connectivity index (χ0) is 13.6. The second-order valence-corrected chi connectivity index (χ2v) is 7.68. The van der Waals surface area contributed by atoms with Crippen molar-refractivity contribution in [2.45, 2.75) is 51.0 Å². The van der Waals surface area contributed by atoms with Gasteiger partial charge in [0.05, 0.1) is 0 Å². The van der Waals surface area contributed by atoms with Gasteiger partial charge in [0.15, 0.2) is 0 Å². The van der Waals surface area contributed by atoms with E-state index in [9.17, 15) is 0 Å². The minimum absolute atomic E-state index is 0.590. The molecule has 0 aromatic carbocycles. The van der Waals surface area contributed by atoms with Crippen LogP contribution in [0.2, 0.25) is 0 Å². The molecule has 1 heterocycles. The average Bonchev–Trinajstić information content (AvgIpc) is 2.44. The van der Waals surface area contributed by atoms with Crippen LogP contribution < -0.4 is 5.32 Å². The summed E-state index contributed by atoms with van der Waals surface area (Å²) in [6.07, 6.45) is 14.1. The van der Waals surface area contributed by atoms with E-state index < -0.39 is 0 Å². The average molecular weight is 270 g/mol. The first-order valence-electron chi connectivity index (χ1n) is 8.33. The molecule has 4 fully saturated rings. The van der Waals surface area contributed by atoms with Gasteiger partial charge in [-0.25, -0.2) is 0 Å². The van der Waals surface area contributed by atoms with Crippen molar-refractivity contribution in [2.75, 3.05) is 7.05 Å². The van der Waals surface area contributed by atoms with Gasteiger partial charge in [0.2, 0.25) is 0 Å². The summed E-state index contributed by atoms with van der Waals surface area (Å²) in [5, 5.41) is 3.69. The molecule has 4 saturated carbocycles. The SMILES string of the molecule is CNC(Cc1ccncc1)C12CC3CC(CC(C3)C1)C2. The molecule has 0 spiro atoms. The molecule has 0 aliphatic heterocycles. The molecule has 5 rings (SSSR count). The molecule has 1 aromatic heterocycles. The first kappa shape index (κ1) is 12.8. The highest BCUT2D eigenvalue weighted by molar-refractivity contribution is 5.15. The van der Waals surface area contributed by atoms with Crippen molar-refractivity contribution >= 4 is 0 Å². The Balaban J connectivity index is 1.58. The van der Waals surface area contributed by atoms with E-state index in [1.54, 1.807) is 0 Å². The number of likely N-dealkylation sites (N-methyl/N-ethyl adjacent to an activating group) is 1. The standard InChI is InChI=1S/C18H26N2/c1-19-17(9-13-2-4-20-5-3-13)18-10-14-6-15(11-18)8-16(7-14)12-18/h2-5,14-17,19H,6-12H2,1H3. The third-order valence-corrected chi connectivity index (χ3v) is 6.36. The van der Waals surface area contributed by atoms with E-state index in [-0.39, 0.29) is 0 Å². The van der Waals surface area contributed by atoms with Gasteiger partial charge in [-0.05, 0) is 92.9 Å². The van der Waals surface area contributed by atoms with Crippen molar-refractivity contribution in [3.8, 4) is 0 Å². The smallest absolute Gasteiger partial charge is 0.0270 e. The van der Waals surface area contributed by atoms with E-state index in [1.807, 2.05) is 12.4 Å². The zero-order valence-corrected chi connectivity index (χ0v) is 12.5. The van der Waals surface area contributed by atoms with E-state index in [0.29, 0.717) is 11.5 Å². The molecule has 0 radical (unpaired) electrons. The lowest BCUT2D eigenvalue weighted by Gasteiger charge is -2.59. The molecular weight excluding hydrogens is 244 g/mol. The molecule has 2 heteroatoms. The Labute approximate surface area is 122 Å². The van der Waals surface area contributed by atoms with Gasteiger partial charge in [0.1, 0.15) is 0 Å². The number of nitrogens with zero attached hydrogens (tertiary/aromatic N) is 1. The van der Waals surface area contributed by atoms with Gasteiger partial charge >= 0.3 is 0 Å². The monoisotopic (exact) mass is 270 g/mol. The second kappa shape index (κ2) is 4.84. The molecular formula is C18H26N2. The van der Waals surface area contributed by atoms with Gasteiger partial charge in [-0.15, -0.1) is 0 Å². The number of rotatable bonds is 4. The predicted molar refractivity (Wildman–Crippen MR) is 81.4 cm³/mol. The maximum atomic E-state index is 4.15. The number of hydrogen-bond acceptors (Lipinski definition) is 2. The van der Waals surface area contributed by atoms with Crippen molar-refractivity contribution in [1.29, 1.82) is 0 Å². The molecule has 1 N–H and O–H groups in total. The number of nitrogens with one attached hydrogen (secondary N) is 1. The van der Waals surface area contributed by atoms with Crippen LogP contribution in [0.5, 0.6) is 0 Å². The van der Waals surface area contributed by atoms with E-state index in [4.69, 9.17) is 0 Å². The fourth-order valence-electron chi connectivity index (χ4n) is 5.98. The maximum Gasteiger partial charge on any atom is 0.0270 e. The molecule has 20 heavy (non-hydrogen) atoms. The predicted octanol–water partition coefficient (Wildman–Crippen LogP) is 3.43. The quantitative estimate of drug-likeness (QED) is 0.906. The fraction of sp³-hybridized carbons (Fsp3) is 0.722. The van der Waals surface area contributed by atoms with Crippen LogP contribution in [0.25, 0.3) is 0 Å². The van der Waals surface area contributed by atoms with Crippen LogP contribution in [0.1, 0.15) is 44.1 Å². The minimum atomic E-state index is 0.590. The van der Waals surface area contributed by atoms with Gasteiger partial charge in [-0.1, -0.05) is 0 Å². The highest BCUT2D eigenvalue weighted by Gasteiger charge is 2.53. The zero-order valence-electron chi connectivity index (χ0n) is 12.5. The van der Waals surface area contributed by atoms with Crippen LogP contribution in [0.15, 0.2) is 24.5 Å². The molecule has 0 saturated heterocycles. The van der Waals surface area contributed by atoms with Gasteiger partial charge in [-0.3, -0.25) is 4.98 Å². The topological polar surface area (TPSA) is 24.9 Å². The lowest BCUT2D eigenvalue weighted by Crippen LogP contribution is -2.56. The highest BCUT2D eigenvalue weighted by Crippen LogP contribution is 2.61. The van der Waals surface area contributed by atoms with Crippen molar-refractivity contribution in [1.82, 2.24) is 10.3 Å². The molecule has 4 aliphatic carbocycles. The van der Waals surface area contributed by atoms with Crippen molar-refractivity contribution in [3.63, 3.8) is 0 Å². The molecule has 0 amide bonds. The van der Waals surface area contributed by atoms with Crippen LogP contribution in [0.3, 0.4) is 0 Å².